The van der Waals surface area contributed by atoms with Gasteiger partial charge in [0.1, 0.15) is 0 Å². The zero-order chi connectivity index (χ0) is 10.9. The molecule has 1 heterocycles. The number of carbonyl (C=O) groups is 1. The third kappa shape index (κ3) is 2.47. The number of hydrogen-bond acceptors (Lipinski definition) is 2. The summed E-state index contributed by atoms with van der Waals surface area (Å²) in [7, 11) is 0. The number of rotatable bonds is 2. The van der Waals surface area contributed by atoms with Gasteiger partial charge in [-0.05, 0) is 18.8 Å². The largest absolute Gasteiger partial charge is 0.342 e. The van der Waals surface area contributed by atoms with Gasteiger partial charge in [0.25, 0.3) is 0 Å². The number of nitrogens with zero attached hydrogens (tertiary/aromatic N) is 1. The molecule has 2 N–H and O–H groups in total. The van der Waals surface area contributed by atoms with Gasteiger partial charge in [-0.2, -0.15) is 0 Å². The fraction of sp³-hybridized carbons (Fsp3) is 0.909. The SMILES string of the molecule is CC(N)C(C)C(=O)N1CCC(C)(C)C1. The van der Waals surface area contributed by atoms with Crippen LogP contribution in [0.5, 0.6) is 0 Å². The maximum absolute atomic E-state index is 11.9. The Balaban J connectivity index is 2.56. The average molecular weight is 198 g/mol. The van der Waals surface area contributed by atoms with E-state index in [9.17, 15) is 4.79 Å². The number of nitrogens with two attached hydrogens (primary N) is 1. The molecule has 0 aromatic carbocycles. The lowest BCUT2D eigenvalue weighted by molar-refractivity contribution is -0.134. The molecule has 3 heteroatoms. The van der Waals surface area contributed by atoms with Gasteiger partial charge in [-0.15, -0.1) is 0 Å². The van der Waals surface area contributed by atoms with Crippen molar-refractivity contribution in [2.45, 2.75) is 40.2 Å². The van der Waals surface area contributed by atoms with E-state index in [0.29, 0.717) is 0 Å². The highest BCUT2D eigenvalue weighted by Gasteiger charge is 2.34. The summed E-state index contributed by atoms with van der Waals surface area (Å²) in [4.78, 5) is 13.9. The van der Waals surface area contributed by atoms with Crippen molar-refractivity contribution in [2.24, 2.45) is 17.1 Å². The summed E-state index contributed by atoms with van der Waals surface area (Å²) in [5, 5.41) is 0. The van der Waals surface area contributed by atoms with Gasteiger partial charge < -0.3 is 10.6 Å². The van der Waals surface area contributed by atoms with E-state index in [4.69, 9.17) is 5.73 Å². The maximum atomic E-state index is 11.9. The van der Waals surface area contributed by atoms with Crippen LogP contribution in [0.4, 0.5) is 0 Å². The van der Waals surface area contributed by atoms with Gasteiger partial charge in [-0.1, -0.05) is 20.8 Å². The zero-order valence-electron chi connectivity index (χ0n) is 9.71. The van der Waals surface area contributed by atoms with Crippen LogP contribution in [0.15, 0.2) is 0 Å². The normalized spacial score (nSPS) is 24.8. The Morgan fingerprint density at radius 2 is 2.00 bits per heavy atom. The van der Waals surface area contributed by atoms with Crippen LogP contribution < -0.4 is 5.73 Å². The molecular weight excluding hydrogens is 176 g/mol. The number of amides is 1. The molecule has 1 saturated heterocycles. The molecule has 0 aliphatic carbocycles. The quantitative estimate of drug-likeness (QED) is 0.725. The van der Waals surface area contributed by atoms with Gasteiger partial charge in [0.15, 0.2) is 0 Å². The highest BCUT2D eigenvalue weighted by molar-refractivity contribution is 5.79. The molecule has 0 spiro atoms. The van der Waals surface area contributed by atoms with Crippen molar-refractivity contribution in [3.63, 3.8) is 0 Å². The van der Waals surface area contributed by atoms with E-state index in [1.165, 1.54) is 0 Å². The minimum absolute atomic E-state index is 0.0498. The summed E-state index contributed by atoms with van der Waals surface area (Å²) in [6.45, 7) is 9.99. The van der Waals surface area contributed by atoms with Crippen LogP contribution in [0.1, 0.15) is 34.1 Å². The molecule has 82 valence electrons. The molecular formula is C11H22N2O. The second kappa shape index (κ2) is 3.89. The molecule has 0 bridgehead atoms. The lowest BCUT2D eigenvalue weighted by Gasteiger charge is -2.24. The molecule has 1 amide bonds. The van der Waals surface area contributed by atoms with Gasteiger partial charge in [-0.25, -0.2) is 0 Å². The highest BCUT2D eigenvalue weighted by atomic mass is 16.2. The van der Waals surface area contributed by atoms with Crippen molar-refractivity contribution in [1.82, 2.24) is 4.90 Å². The van der Waals surface area contributed by atoms with Gasteiger partial charge >= 0.3 is 0 Å². The predicted molar refractivity (Wildman–Crippen MR) is 57.8 cm³/mol. The van der Waals surface area contributed by atoms with Crippen LogP contribution in [0.2, 0.25) is 0 Å². The minimum Gasteiger partial charge on any atom is -0.342 e. The van der Waals surface area contributed by atoms with Crippen molar-refractivity contribution >= 4 is 5.91 Å². The fourth-order valence-corrected chi connectivity index (χ4v) is 1.81. The van der Waals surface area contributed by atoms with Crippen molar-refractivity contribution < 1.29 is 4.79 Å². The molecule has 0 aromatic rings. The molecule has 1 aliphatic rings. The molecule has 0 saturated carbocycles. The molecule has 1 fully saturated rings. The van der Waals surface area contributed by atoms with E-state index in [1.807, 2.05) is 18.7 Å². The average Bonchev–Trinajstić information content (AvgIpc) is 2.43. The first-order valence-electron chi connectivity index (χ1n) is 5.38. The first-order chi connectivity index (χ1) is 6.33. The highest BCUT2D eigenvalue weighted by Crippen LogP contribution is 2.29. The lowest BCUT2D eigenvalue weighted by atomic mass is 9.93. The van der Waals surface area contributed by atoms with Gasteiger partial charge in [-0.3, -0.25) is 4.79 Å². The lowest BCUT2D eigenvalue weighted by Crippen LogP contribution is -2.41. The number of likely N-dealkylation sites (tertiary alicyclic amines) is 1. The smallest absolute Gasteiger partial charge is 0.226 e. The summed E-state index contributed by atoms with van der Waals surface area (Å²) < 4.78 is 0. The summed E-state index contributed by atoms with van der Waals surface area (Å²) in [5.41, 5.74) is 6.01. The summed E-state index contributed by atoms with van der Waals surface area (Å²) in [6.07, 6.45) is 1.10. The van der Waals surface area contributed by atoms with Crippen LogP contribution >= 0.6 is 0 Å². The van der Waals surface area contributed by atoms with Crippen LogP contribution in [0, 0.1) is 11.3 Å². The molecule has 1 rings (SSSR count). The Labute approximate surface area is 86.6 Å². The summed E-state index contributed by atoms with van der Waals surface area (Å²) in [5.74, 6) is 0.162. The van der Waals surface area contributed by atoms with Gasteiger partial charge in [0.05, 0.1) is 5.92 Å². The van der Waals surface area contributed by atoms with Crippen molar-refractivity contribution in [2.75, 3.05) is 13.1 Å². The summed E-state index contributed by atoms with van der Waals surface area (Å²) in [6, 6.07) is -0.0498. The molecule has 3 nitrogen and oxygen atoms in total. The molecule has 0 radical (unpaired) electrons. The standard InChI is InChI=1S/C11H22N2O/c1-8(9(2)12)10(14)13-6-5-11(3,4)7-13/h8-9H,5-7,12H2,1-4H3. The van der Waals surface area contributed by atoms with E-state index >= 15 is 0 Å². The summed E-state index contributed by atoms with van der Waals surface area (Å²) >= 11 is 0. The fourth-order valence-electron chi connectivity index (χ4n) is 1.81. The van der Waals surface area contributed by atoms with Gasteiger partial charge in [0.2, 0.25) is 5.91 Å². The van der Waals surface area contributed by atoms with Crippen LogP contribution in [0.3, 0.4) is 0 Å². The Morgan fingerprint density at radius 3 is 2.36 bits per heavy atom. The Morgan fingerprint density at radius 1 is 1.43 bits per heavy atom. The Hall–Kier alpha value is -0.570. The molecule has 2 unspecified atom stereocenters. The van der Waals surface area contributed by atoms with Crippen LogP contribution in [-0.4, -0.2) is 29.9 Å². The molecule has 14 heavy (non-hydrogen) atoms. The molecule has 1 aliphatic heterocycles. The minimum atomic E-state index is -0.0519. The first kappa shape index (κ1) is 11.5. The van der Waals surface area contributed by atoms with E-state index in [2.05, 4.69) is 13.8 Å². The van der Waals surface area contributed by atoms with E-state index in [-0.39, 0.29) is 23.3 Å². The number of carbonyl (C=O) groups excluding carboxylic acids is 1. The van der Waals surface area contributed by atoms with Gasteiger partial charge in [0, 0.05) is 19.1 Å². The van der Waals surface area contributed by atoms with Crippen LogP contribution in [-0.2, 0) is 4.79 Å². The second-order valence-electron chi connectivity index (χ2n) is 5.32. The number of hydrogen-bond donors (Lipinski definition) is 1. The Bertz CT molecular complexity index is 223. The topological polar surface area (TPSA) is 46.3 Å². The monoisotopic (exact) mass is 198 g/mol. The maximum Gasteiger partial charge on any atom is 0.226 e. The van der Waals surface area contributed by atoms with E-state index in [1.54, 1.807) is 0 Å². The second-order valence-corrected chi connectivity index (χ2v) is 5.32. The predicted octanol–water partition coefficient (Wildman–Crippen LogP) is 1.23. The van der Waals surface area contributed by atoms with Crippen LogP contribution in [0.25, 0.3) is 0 Å². The van der Waals surface area contributed by atoms with Crippen molar-refractivity contribution in [3.05, 3.63) is 0 Å². The molecule has 0 aromatic heterocycles. The Kier molecular flexibility index (Phi) is 3.20. The van der Waals surface area contributed by atoms with E-state index < -0.39 is 0 Å². The van der Waals surface area contributed by atoms with Crippen molar-refractivity contribution in [3.8, 4) is 0 Å². The third-order valence-corrected chi connectivity index (χ3v) is 3.17. The zero-order valence-corrected chi connectivity index (χ0v) is 9.71. The van der Waals surface area contributed by atoms with E-state index in [0.717, 1.165) is 19.5 Å². The first-order valence-corrected chi connectivity index (χ1v) is 5.38. The molecule has 2 atom stereocenters. The van der Waals surface area contributed by atoms with Crippen molar-refractivity contribution in [1.29, 1.82) is 0 Å². The third-order valence-electron chi connectivity index (χ3n) is 3.17.